The first kappa shape index (κ1) is 13.2. The lowest BCUT2D eigenvalue weighted by molar-refractivity contribution is -0.145. The second kappa shape index (κ2) is 5.46. The molecule has 1 aliphatic rings. The van der Waals surface area contributed by atoms with Crippen molar-refractivity contribution >= 4 is 11.8 Å². The minimum absolute atomic E-state index is 0.111. The highest BCUT2D eigenvalue weighted by molar-refractivity contribution is 5.93. The van der Waals surface area contributed by atoms with E-state index in [0.717, 1.165) is 31.6 Å². The Morgan fingerprint density at radius 3 is 1.75 bits per heavy atom. The molecule has 0 aromatic carbocycles. The van der Waals surface area contributed by atoms with Crippen LogP contribution in [0, 0.1) is 11.8 Å². The SMILES string of the molecule is CC(=O)N(C(C)=O)C1CCC(C(C)C)CC1. The Balaban J connectivity index is 2.58. The van der Waals surface area contributed by atoms with Gasteiger partial charge in [-0.05, 0) is 37.5 Å². The maximum atomic E-state index is 11.4. The molecule has 0 N–H and O–H groups in total. The van der Waals surface area contributed by atoms with E-state index in [-0.39, 0.29) is 17.9 Å². The van der Waals surface area contributed by atoms with Crippen molar-refractivity contribution in [1.82, 2.24) is 4.90 Å². The Bertz CT molecular complexity index is 251. The fourth-order valence-electron chi connectivity index (χ4n) is 2.76. The fourth-order valence-corrected chi connectivity index (χ4v) is 2.76. The first-order chi connectivity index (χ1) is 7.43. The van der Waals surface area contributed by atoms with Gasteiger partial charge in [-0.2, -0.15) is 0 Å². The van der Waals surface area contributed by atoms with Crippen LogP contribution in [0.3, 0.4) is 0 Å². The minimum Gasteiger partial charge on any atom is -0.280 e. The van der Waals surface area contributed by atoms with Gasteiger partial charge < -0.3 is 0 Å². The Hall–Kier alpha value is -0.860. The molecule has 92 valence electrons. The molecule has 3 nitrogen and oxygen atoms in total. The van der Waals surface area contributed by atoms with Crippen molar-refractivity contribution in [1.29, 1.82) is 0 Å². The van der Waals surface area contributed by atoms with Gasteiger partial charge in [0.15, 0.2) is 0 Å². The Morgan fingerprint density at radius 1 is 1.00 bits per heavy atom. The smallest absolute Gasteiger partial charge is 0.226 e. The summed E-state index contributed by atoms with van der Waals surface area (Å²) >= 11 is 0. The van der Waals surface area contributed by atoms with E-state index in [0.29, 0.717) is 5.92 Å². The lowest BCUT2D eigenvalue weighted by Gasteiger charge is -2.36. The van der Waals surface area contributed by atoms with Crippen molar-refractivity contribution in [3.8, 4) is 0 Å². The van der Waals surface area contributed by atoms with E-state index in [2.05, 4.69) is 13.8 Å². The van der Waals surface area contributed by atoms with Gasteiger partial charge in [0, 0.05) is 19.9 Å². The van der Waals surface area contributed by atoms with Crippen LogP contribution >= 0.6 is 0 Å². The zero-order valence-corrected chi connectivity index (χ0v) is 10.8. The predicted molar refractivity (Wildman–Crippen MR) is 63.8 cm³/mol. The highest BCUT2D eigenvalue weighted by atomic mass is 16.2. The summed E-state index contributed by atoms with van der Waals surface area (Å²) in [4.78, 5) is 24.3. The quantitative estimate of drug-likeness (QED) is 0.724. The van der Waals surface area contributed by atoms with Gasteiger partial charge in [-0.1, -0.05) is 13.8 Å². The largest absolute Gasteiger partial charge is 0.280 e. The molecule has 0 aromatic rings. The van der Waals surface area contributed by atoms with Gasteiger partial charge >= 0.3 is 0 Å². The van der Waals surface area contributed by atoms with E-state index in [1.54, 1.807) is 0 Å². The molecule has 1 saturated carbocycles. The third-order valence-electron chi connectivity index (χ3n) is 3.73. The monoisotopic (exact) mass is 225 g/mol. The average Bonchev–Trinajstić information content (AvgIpc) is 2.17. The van der Waals surface area contributed by atoms with Gasteiger partial charge in [0.25, 0.3) is 0 Å². The van der Waals surface area contributed by atoms with Crippen molar-refractivity contribution < 1.29 is 9.59 Å². The summed E-state index contributed by atoms with van der Waals surface area (Å²) in [6.45, 7) is 7.46. The lowest BCUT2D eigenvalue weighted by Crippen LogP contribution is -2.44. The number of hydrogen-bond donors (Lipinski definition) is 0. The second-order valence-corrected chi connectivity index (χ2v) is 5.22. The van der Waals surface area contributed by atoms with E-state index in [1.165, 1.54) is 18.7 Å². The van der Waals surface area contributed by atoms with Crippen LogP contribution < -0.4 is 0 Å². The van der Waals surface area contributed by atoms with Crippen molar-refractivity contribution in [3.63, 3.8) is 0 Å². The van der Waals surface area contributed by atoms with Crippen LogP contribution in [0.2, 0.25) is 0 Å². The van der Waals surface area contributed by atoms with E-state index in [1.807, 2.05) is 0 Å². The third-order valence-corrected chi connectivity index (χ3v) is 3.73. The highest BCUT2D eigenvalue weighted by Crippen LogP contribution is 2.32. The van der Waals surface area contributed by atoms with Crippen LogP contribution in [-0.2, 0) is 9.59 Å². The summed E-state index contributed by atoms with van der Waals surface area (Å²) in [5.74, 6) is 1.25. The molecular formula is C13H23NO2. The molecule has 1 rings (SSSR count). The van der Waals surface area contributed by atoms with Crippen molar-refractivity contribution in [3.05, 3.63) is 0 Å². The molecule has 3 heteroatoms. The number of imide groups is 1. The van der Waals surface area contributed by atoms with Crippen molar-refractivity contribution in [2.24, 2.45) is 11.8 Å². The normalized spacial score (nSPS) is 25.6. The molecule has 0 spiro atoms. The van der Waals surface area contributed by atoms with Crippen LogP contribution in [0.25, 0.3) is 0 Å². The topological polar surface area (TPSA) is 37.4 Å². The number of nitrogens with zero attached hydrogens (tertiary/aromatic N) is 1. The molecular weight excluding hydrogens is 202 g/mol. The highest BCUT2D eigenvalue weighted by Gasteiger charge is 2.30. The van der Waals surface area contributed by atoms with Crippen LogP contribution in [0.5, 0.6) is 0 Å². The maximum absolute atomic E-state index is 11.4. The molecule has 16 heavy (non-hydrogen) atoms. The van der Waals surface area contributed by atoms with Crippen LogP contribution in [0.1, 0.15) is 53.4 Å². The van der Waals surface area contributed by atoms with Crippen molar-refractivity contribution in [2.75, 3.05) is 0 Å². The van der Waals surface area contributed by atoms with Gasteiger partial charge in [0.05, 0.1) is 0 Å². The lowest BCUT2D eigenvalue weighted by atomic mass is 9.79. The van der Waals surface area contributed by atoms with E-state index >= 15 is 0 Å². The van der Waals surface area contributed by atoms with Gasteiger partial charge in [0.1, 0.15) is 0 Å². The van der Waals surface area contributed by atoms with Gasteiger partial charge in [-0.25, -0.2) is 0 Å². The first-order valence-corrected chi connectivity index (χ1v) is 6.23. The van der Waals surface area contributed by atoms with E-state index in [4.69, 9.17) is 0 Å². The van der Waals surface area contributed by atoms with Crippen LogP contribution in [0.15, 0.2) is 0 Å². The molecule has 0 aliphatic heterocycles. The summed E-state index contributed by atoms with van der Waals surface area (Å²) in [5, 5.41) is 0. The number of amides is 2. The molecule has 0 bridgehead atoms. The number of rotatable bonds is 2. The number of carbonyl (C=O) groups is 2. The molecule has 2 amide bonds. The molecule has 0 aromatic heterocycles. The fraction of sp³-hybridized carbons (Fsp3) is 0.846. The third kappa shape index (κ3) is 3.06. The van der Waals surface area contributed by atoms with Crippen molar-refractivity contribution in [2.45, 2.75) is 59.4 Å². The van der Waals surface area contributed by atoms with Gasteiger partial charge in [-0.3, -0.25) is 14.5 Å². The molecule has 1 fully saturated rings. The van der Waals surface area contributed by atoms with Gasteiger partial charge in [-0.15, -0.1) is 0 Å². The molecule has 0 heterocycles. The zero-order valence-electron chi connectivity index (χ0n) is 10.8. The minimum atomic E-state index is -0.111. The summed E-state index contributed by atoms with van der Waals surface area (Å²) in [6.07, 6.45) is 4.22. The number of carbonyl (C=O) groups excluding carboxylic acids is 2. The second-order valence-electron chi connectivity index (χ2n) is 5.22. The molecule has 0 radical (unpaired) electrons. The van der Waals surface area contributed by atoms with Gasteiger partial charge in [0.2, 0.25) is 11.8 Å². The molecule has 0 unspecified atom stereocenters. The van der Waals surface area contributed by atoms with E-state index < -0.39 is 0 Å². The Kier molecular flexibility index (Phi) is 4.51. The Morgan fingerprint density at radius 2 is 1.44 bits per heavy atom. The standard InChI is InChI=1S/C13H23NO2/c1-9(2)12-5-7-13(8-6-12)14(10(3)15)11(4)16/h9,12-13H,5-8H2,1-4H3. The summed E-state index contributed by atoms with van der Waals surface area (Å²) in [7, 11) is 0. The summed E-state index contributed by atoms with van der Waals surface area (Å²) < 4.78 is 0. The molecule has 0 saturated heterocycles. The van der Waals surface area contributed by atoms with Crippen LogP contribution in [0.4, 0.5) is 0 Å². The van der Waals surface area contributed by atoms with E-state index in [9.17, 15) is 9.59 Å². The van der Waals surface area contributed by atoms with Crippen LogP contribution in [-0.4, -0.2) is 22.8 Å². The predicted octanol–water partition coefficient (Wildman–Crippen LogP) is 2.60. The molecule has 1 aliphatic carbocycles. The first-order valence-electron chi connectivity index (χ1n) is 6.23. The number of hydrogen-bond acceptors (Lipinski definition) is 2. The molecule has 0 atom stereocenters. The zero-order chi connectivity index (χ0) is 12.3. The summed E-state index contributed by atoms with van der Waals surface area (Å²) in [5.41, 5.74) is 0. The average molecular weight is 225 g/mol. The Labute approximate surface area is 98.2 Å². The summed E-state index contributed by atoms with van der Waals surface area (Å²) in [6, 6.07) is 0.144. The maximum Gasteiger partial charge on any atom is 0.226 e.